The molecule has 1 atom stereocenters. The second-order valence-corrected chi connectivity index (χ2v) is 11.1. The van der Waals surface area contributed by atoms with Crippen LogP contribution >= 0.6 is 23.2 Å². The van der Waals surface area contributed by atoms with Gasteiger partial charge in [0.15, 0.2) is 0 Å². The number of hydrogen-bond acceptors (Lipinski definition) is 4. The molecule has 2 N–H and O–H groups in total. The summed E-state index contributed by atoms with van der Waals surface area (Å²) in [5.74, 6) is -0.314. The van der Waals surface area contributed by atoms with Crippen molar-refractivity contribution in [3.8, 4) is 0 Å². The third-order valence-corrected chi connectivity index (χ3v) is 7.77. The SMILES string of the molecule is NC(=NC(=NS(=O)(=O)c1ccc(Cl)cc1)N1CC(c2ccccc2)C(c2ccc(Cl)cc2)=N1)c1ccncc1. The predicted octanol–water partition coefficient (Wildman–Crippen LogP) is 5.34. The van der Waals surface area contributed by atoms with Crippen LogP contribution in [0.15, 0.2) is 123 Å². The van der Waals surface area contributed by atoms with Crippen LogP contribution in [0, 0.1) is 0 Å². The second kappa shape index (κ2) is 11.4. The van der Waals surface area contributed by atoms with Crippen LogP contribution in [0.5, 0.6) is 0 Å². The molecule has 0 bridgehead atoms. The van der Waals surface area contributed by atoms with Crippen molar-refractivity contribution in [3.05, 3.63) is 130 Å². The minimum atomic E-state index is -4.19. The molecule has 8 nitrogen and oxygen atoms in total. The van der Waals surface area contributed by atoms with E-state index in [0.717, 1.165) is 11.1 Å². The first-order chi connectivity index (χ1) is 18.8. The molecular formula is C28H22Cl2N6O2S. The Balaban J connectivity index is 1.63. The van der Waals surface area contributed by atoms with Gasteiger partial charge in [-0.3, -0.25) is 4.98 Å². The number of aliphatic imine (C=N–C) groups is 1. The van der Waals surface area contributed by atoms with Crippen LogP contribution in [0.1, 0.15) is 22.6 Å². The number of pyridine rings is 1. The normalized spacial score (nSPS) is 16.3. The Kier molecular flexibility index (Phi) is 7.74. The van der Waals surface area contributed by atoms with E-state index in [2.05, 4.69) is 14.4 Å². The summed E-state index contributed by atoms with van der Waals surface area (Å²) in [7, 11) is -4.19. The van der Waals surface area contributed by atoms with E-state index in [4.69, 9.17) is 34.0 Å². The zero-order chi connectivity index (χ0) is 27.4. The Morgan fingerprint density at radius 1 is 0.872 bits per heavy atom. The molecule has 0 saturated carbocycles. The molecular weight excluding hydrogens is 555 g/mol. The highest BCUT2D eigenvalue weighted by atomic mass is 35.5. The van der Waals surface area contributed by atoms with Gasteiger partial charge >= 0.3 is 0 Å². The average molecular weight is 577 g/mol. The second-order valence-electron chi connectivity index (χ2n) is 8.59. The fourth-order valence-electron chi connectivity index (χ4n) is 4.04. The van der Waals surface area contributed by atoms with Gasteiger partial charge < -0.3 is 5.73 Å². The van der Waals surface area contributed by atoms with Gasteiger partial charge in [0.25, 0.3) is 16.0 Å². The Hall–Kier alpha value is -4.05. The summed E-state index contributed by atoms with van der Waals surface area (Å²) in [4.78, 5) is 8.39. The lowest BCUT2D eigenvalue weighted by Gasteiger charge is -2.16. The lowest BCUT2D eigenvalue weighted by Crippen LogP contribution is -2.28. The number of guanidine groups is 1. The molecule has 1 unspecified atom stereocenters. The molecule has 3 aromatic carbocycles. The number of rotatable bonds is 5. The van der Waals surface area contributed by atoms with E-state index in [9.17, 15) is 8.42 Å². The van der Waals surface area contributed by atoms with Crippen LogP contribution in [-0.4, -0.2) is 42.5 Å². The van der Waals surface area contributed by atoms with Crippen molar-refractivity contribution in [2.45, 2.75) is 10.8 Å². The predicted molar refractivity (Wildman–Crippen MR) is 155 cm³/mol. The third kappa shape index (κ3) is 6.17. The number of hydrazone groups is 1. The fraction of sp³-hybridized carbons (Fsp3) is 0.0714. The van der Waals surface area contributed by atoms with E-state index in [1.807, 2.05) is 42.5 Å². The zero-order valence-electron chi connectivity index (χ0n) is 20.4. The van der Waals surface area contributed by atoms with Crippen LogP contribution in [0.4, 0.5) is 0 Å². The van der Waals surface area contributed by atoms with Gasteiger partial charge in [0.1, 0.15) is 5.84 Å². The van der Waals surface area contributed by atoms with Crippen LogP contribution in [0.3, 0.4) is 0 Å². The van der Waals surface area contributed by atoms with E-state index in [1.165, 1.54) is 29.3 Å². The van der Waals surface area contributed by atoms with E-state index >= 15 is 0 Å². The van der Waals surface area contributed by atoms with Crippen LogP contribution < -0.4 is 5.73 Å². The van der Waals surface area contributed by atoms with Crippen molar-refractivity contribution >= 4 is 50.7 Å². The maximum absolute atomic E-state index is 13.3. The first-order valence-corrected chi connectivity index (χ1v) is 14.0. The summed E-state index contributed by atoms with van der Waals surface area (Å²) in [5, 5.41) is 7.26. The summed E-state index contributed by atoms with van der Waals surface area (Å²) in [5.41, 5.74) is 9.40. The van der Waals surface area contributed by atoms with Gasteiger partial charge in [-0.1, -0.05) is 65.7 Å². The minimum Gasteiger partial charge on any atom is -0.383 e. The Bertz CT molecular complexity index is 1660. The van der Waals surface area contributed by atoms with Gasteiger partial charge in [-0.15, -0.1) is 4.40 Å². The quantitative estimate of drug-likeness (QED) is 0.254. The van der Waals surface area contributed by atoms with Crippen LogP contribution in [0.2, 0.25) is 10.0 Å². The summed E-state index contributed by atoms with van der Waals surface area (Å²) in [6, 6.07) is 26.2. The largest absolute Gasteiger partial charge is 0.383 e. The zero-order valence-corrected chi connectivity index (χ0v) is 22.7. The van der Waals surface area contributed by atoms with E-state index in [0.29, 0.717) is 21.3 Å². The molecule has 0 saturated heterocycles. The molecule has 1 aliphatic heterocycles. The lowest BCUT2D eigenvalue weighted by molar-refractivity contribution is 0.470. The van der Waals surface area contributed by atoms with Gasteiger partial charge in [0, 0.05) is 33.9 Å². The van der Waals surface area contributed by atoms with Crippen molar-refractivity contribution in [3.63, 3.8) is 0 Å². The summed E-state index contributed by atoms with van der Waals surface area (Å²) in [6.45, 7) is 0.282. The van der Waals surface area contributed by atoms with Crippen molar-refractivity contribution in [1.29, 1.82) is 0 Å². The number of sulfonamides is 1. The maximum atomic E-state index is 13.3. The van der Waals surface area contributed by atoms with E-state index in [-0.39, 0.29) is 29.2 Å². The third-order valence-electron chi connectivity index (χ3n) is 6.00. The van der Waals surface area contributed by atoms with Crippen LogP contribution in [0.25, 0.3) is 0 Å². The molecule has 0 spiro atoms. The number of benzene rings is 3. The average Bonchev–Trinajstić information content (AvgIpc) is 3.40. The molecule has 39 heavy (non-hydrogen) atoms. The van der Waals surface area contributed by atoms with Crippen molar-refractivity contribution in [1.82, 2.24) is 9.99 Å². The van der Waals surface area contributed by atoms with Crippen molar-refractivity contribution in [2.24, 2.45) is 20.2 Å². The number of nitrogens with two attached hydrogens (primary N) is 1. The first kappa shape index (κ1) is 26.6. The molecule has 0 radical (unpaired) electrons. The van der Waals surface area contributed by atoms with Gasteiger partial charge in [-0.05, 0) is 59.7 Å². The molecule has 11 heteroatoms. The van der Waals surface area contributed by atoms with Crippen LogP contribution in [-0.2, 0) is 10.0 Å². The van der Waals surface area contributed by atoms with E-state index < -0.39 is 10.0 Å². The standard InChI is InChI=1S/C28H22Cl2N6O2S/c29-22-8-6-20(7-9-22)26-25(19-4-2-1-3-5-19)18-36(34-26)28(33-27(31)21-14-16-32-17-15-21)35-39(37,38)24-12-10-23(30)11-13-24/h1-17,25H,18H2,(H2,31,33,35). The minimum absolute atomic E-state index is 0.0391. The summed E-state index contributed by atoms with van der Waals surface area (Å²) < 4.78 is 30.7. The smallest absolute Gasteiger partial charge is 0.285 e. The molecule has 0 fully saturated rings. The Morgan fingerprint density at radius 3 is 2.13 bits per heavy atom. The monoisotopic (exact) mass is 576 g/mol. The molecule has 2 heterocycles. The number of hydrogen-bond donors (Lipinski definition) is 1. The number of halogens is 2. The topological polar surface area (TPSA) is 113 Å². The van der Waals surface area contributed by atoms with Gasteiger partial charge in [0.2, 0.25) is 0 Å². The number of nitrogens with zero attached hydrogens (tertiary/aromatic N) is 5. The summed E-state index contributed by atoms with van der Waals surface area (Å²) >= 11 is 12.1. The summed E-state index contributed by atoms with van der Waals surface area (Å²) in [6.07, 6.45) is 3.13. The van der Waals surface area contributed by atoms with Gasteiger partial charge in [-0.2, -0.15) is 18.5 Å². The maximum Gasteiger partial charge on any atom is 0.285 e. The van der Waals surface area contributed by atoms with Gasteiger partial charge in [0.05, 0.1) is 17.2 Å². The number of amidine groups is 1. The molecule has 1 aromatic heterocycles. The Labute approximate surface area is 236 Å². The fourth-order valence-corrected chi connectivity index (χ4v) is 5.23. The molecule has 196 valence electrons. The molecule has 4 aromatic rings. The molecule has 1 aliphatic rings. The lowest BCUT2D eigenvalue weighted by atomic mass is 9.91. The number of aromatic nitrogens is 1. The highest BCUT2D eigenvalue weighted by Gasteiger charge is 2.32. The first-order valence-electron chi connectivity index (χ1n) is 11.8. The molecule has 0 aliphatic carbocycles. The van der Waals surface area contributed by atoms with E-state index in [1.54, 1.807) is 36.7 Å². The van der Waals surface area contributed by atoms with Crippen molar-refractivity contribution < 1.29 is 8.42 Å². The highest BCUT2D eigenvalue weighted by molar-refractivity contribution is 7.90. The van der Waals surface area contributed by atoms with Crippen molar-refractivity contribution in [2.75, 3.05) is 6.54 Å². The van der Waals surface area contributed by atoms with Gasteiger partial charge in [-0.25, -0.2) is 5.01 Å². The molecule has 5 rings (SSSR count). The highest BCUT2D eigenvalue weighted by Crippen LogP contribution is 2.30. The molecule has 0 amide bonds. The Morgan fingerprint density at radius 2 is 1.49 bits per heavy atom.